The molecule has 154 valence electrons. The lowest BCUT2D eigenvalue weighted by Gasteiger charge is -2.34. The summed E-state index contributed by atoms with van der Waals surface area (Å²) < 4.78 is 38.0. The maximum absolute atomic E-state index is 12.1. The minimum Gasteiger partial charge on any atom is -0.385 e. The number of nitrogens with zero attached hydrogens (tertiary/aromatic N) is 2. The molecule has 0 aliphatic carbocycles. The molecule has 2 heterocycles. The molecule has 0 amide bonds. The van der Waals surface area contributed by atoms with E-state index in [0.717, 1.165) is 51.5 Å². The van der Waals surface area contributed by atoms with Crippen LogP contribution in [0, 0.1) is 0 Å². The van der Waals surface area contributed by atoms with Gasteiger partial charge in [0, 0.05) is 53.6 Å². The number of ether oxygens (including phenoxy) is 2. The van der Waals surface area contributed by atoms with Gasteiger partial charge >= 0.3 is 0 Å². The number of thiophene rings is 1. The molecular formula is C17H30N4O4S2. The number of sulfonamides is 1. The molecule has 0 spiro atoms. The van der Waals surface area contributed by atoms with E-state index in [1.54, 1.807) is 31.7 Å². The number of methoxy groups -OCH3 is 1. The highest BCUT2D eigenvalue weighted by Crippen LogP contribution is 2.15. The molecule has 1 aliphatic rings. The summed E-state index contributed by atoms with van der Waals surface area (Å²) >= 11 is 1.21. The molecule has 1 saturated heterocycles. The first-order valence-electron chi connectivity index (χ1n) is 9.16. The second-order valence-corrected chi connectivity index (χ2v) is 9.15. The van der Waals surface area contributed by atoms with Gasteiger partial charge in [-0.2, -0.15) is 0 Å². The van der Waals surface area contributed by atoms with Crippen LogP contribution < -0.4 is 10.0 Å². The highest BCUT2D eigenvalue weighted by atomic mass is 32.2. The van der Waals surface area contributed by atoms with Gasteiger partial charge in [-0.15, -0.1) is 11.3 Å². The zero-order valence-electron chi connectivity index (χ0n) is 16.0. The highest BCUT2D eigenvalue weighted by Gasteiger charge is 2.22. The first kappa shape index (κ1) is 22.1. The van der Waals surface area contributed by atoms with Gasteiger partial charge in [-0.3, -0.25) is 4.99 Å². The van der Waals surface area contributed by atoms with E-state index in [1.165, 1.54) is 11.3 Å². The Hall–Kier alpha value is -1.20. The quantitative estimate of drug-likeness (QED) is 0.336. The first-order chi connectivity index (χ1) is 13.1. The smallest absolute Gasteiger partial charge is 0.250 e. The molecule has 27 heavy (non-hydrogen) atoms. The van der Waals surface area contributed by atoms with Gasteiger partial charge in [0.1, 0.15) is 4.21 Å². The average molecular weight is 419 g/mol. The summed E-state index contributed by atoms with van der Waals surface area (Å²) in [5.74, 6) is 0.795. The molecule has 0 saturated carbocycles. The van der Waals surface area contributed by atoms with Crippen molar-refractivity contribution in [1.29, 1.82) is 0 Å². The van der Waals surface area contributed by atoms with Crippen molar-refractivity contribution in [2.24, 2.45) is 4.99 Å². The molecular weight excluding hydrogens is 388 g/mol. The Morgan fingerprint density at radius 1 is 1.33 bits per heavy atom. The molecule has 1 fully saturated rings. The van der Waals surface area contributed by atoms with Crippen molar-refractivity contribution in [3.63, 3.8) is 0 Å². The lowest BCUT2D eigenvalue weighted by Crippen LogP contribution is -2.48. The van der Waals surface area contributed by atoms with Gasteiger partial charge in [0.05, 0.1) is 6.10 Å². The molecule has 0 unspecified atom stereocenters. The predicted octanol–water partition coefficient (Wildman–Crippen LogP) is 1.12. The summed E-state index contributed by atoms with van der Waals surface area (Å²) in [5, 5.41) is 4.98. The minimum absolute atomic E-state index is 0.286. The van der Waals surface area contributed by atoms with E-state index in [4.69, 9.17) is 9.47 Å². The van der Waals surface area contributed by atoms with Crippen molar-refractivity contribution in [3.8, 4) is 0 Å². The Morgan fingerprint density at radius 3 is 2.74 bits per heavy atom. The summed E-state index contributed by atoms with van der Waals surface area (Å²) in [6.45, 7) is 3.98. The van der Waals surface area contributed by atoms with E-state index in [2.05, 4.69) is 19.9 Å². The molecule has 1 aliphatic heterocycles. The molecule has 1 aromatic heterocycles. The molecule has 1 aromatic rings. The number of nitrogens with one attached hydrogen (secondary N) is 2. The molecule has 0 aromatic carbocycles. The van der Waals surface area contributed by atoms with Crippen LogP contribution in [0.25, 0.3) is 0 Å². The Balaban J connectivity index is 1.66. The van der Waals surface area contributed by atoms with Crippen molar-refractivity contribution in [2.75, 3.05) is 53.6 Å². The van der Waals surface area contributed by atoms with Gasteiger partial charge in [0.25, 0.3) is 0 Å². The summed E-state index contributed by atoms with van der Waals surface area (Å²) in [7, 11) is 0.0229. The molecule has 8 nitrogen and oxygen atoms in total. The fraction of sp³-hybridized carbons (Fsp3) is 0.706. The monoisotopic (exact) mass is 418 g/mol. The molecule has 0 bridgehead atoms. The number of rotatable bonds is 10. The number of likely N-dealkylation sites (tertiary alicyclic amines) is 1. The van der Waals surface area contributed by atoms with Crippen LogP contribution in [-0.2, 0) is 19.5 Å². The van der Waals surface area contributed by atoms with Crippen molar-refractivity contribution in [2.45, 2.75) is 29.6 Å². The van der Waals surface area contributed by atoms with Crippen molar-refractivity contribution >= 4 is 27.3 Å². The molecule has 10 heteroatoms. The first-order valence-corrected chi connectivity index (χ1v) is 11.5. The number of aliphatic imine (C=N–C) groups is 1. The number of guanidine groups is 1. The van der Waals surface area contributed by atoms with Crippen LogP contribution in [0.3, 0.4) is 0 Å². The van der Waals surface area contributed by atoms with Crippen molar-refractivity contribution in [1.82, 2.24) is 14.9 Å². The van der Waals surface area contributed by atoms with E-state index < -0.39 is 10.0 Å². The highest BCUT2D eigenvalue weighted by molar-refractivity contribution is 7.91. The van der Waals surface area contributed by atoms with Gasteiger partial charge < -0.3 is 19.7 Å². The summed E-state index contributed by atoms with van der Waals surface area (Å²) in [6, 6.07) is 3.32. The predicted molar refractivity (Wildman–Crippen MR) is 108 cm³/mol. The Morgan fingerprint density at radius 2 is 2.11 bits per heavy atom. The van der Waals surface area contributed by atoms with Crippen LogP contribution in [0.5, 0.6) is 0 Å². The molecule has 2 N–H and O–H groups in total. The summed E-state index contributed by atoms with van der Waals surface area (Å²) in [6.07, 6.45) is 3.12. The minimum atomic E-state index is -3.42. The van der Waals surface area contributed by atoms with Crippen LogP contribution in [0.1, 0.15) is 19.3 Å². The third kappa shape index (κ3) is 7.38. The third-order valence-electron chi connectivity index (χ3n) is 4.26. The lowest BCUT2D eigenvalue weighted by molar-refractivity contribution is 0.00992. The van der Waals surface area contributed by atoms with E-state index in [0.29, 0.717) is 17.3 Å². The second kappa shape index (κ2) is 11.6. The normalized spacial score (nSPS) is 16.7. The maximum atomic E-state index is 12.1. The Bertz CT molecular complexity index is 656. The van der Waals surface area contributed by atoms with Crippen molar-refractivity contribution in [3.05, 3.63) is 17.5 Å². The van der Waals surface area contributed by atoms with Gasteiger partial charge in [0.2, 0.25) is 10.0 Å². The van der Waals surface area contributed by atoms with Gasteiger partial charge in [0.15, 0.2) is 5.96 Å². The maximum Gasteiger partial charge on any atom is 0.250 e. The number of piperidine rings is 1. The standard InChI is InChI=1S/C17H30N4O4S2/c1-18-17(19-8-9-20-27(22,23)16-5-3-14-26-16)21-10-6-15(7-11-21)25-13-4-12-24-2/h3,5,14-15,20H,4,6-13H2,1-2H3,(H,18,19). The fourth-order valence-electron chi connectivity index (χ4n) is 2.87. The van der Waals surface area contributed by atoms with Gasteiger partial charge in [-0.05, 0) is 30.7 Å². The summed E-state index contributed by atoms with van der Waals surface area (Å²) in [5.41, 5.74) is 0. The van der Waals surface area contributed by atoms with Crippen LogP contribution in [0.2, 0.25) is 0 Å². The SMILES string of the molecule is CN=C(NCCNS(=O)(=O)c1cccs1)N1CCC(OCCCOC)CC1. The number of hydrogen-bond acceptors (Lipinski definition) is 6. The zero-order valence-corrected chi connectivity index (χ0v) is 17.7. The van der Waals surface area contributed by atoms with Crippen LogP contribution in [0.4, 0.5) is 0 Å². The lowest BCUT2D eigenvalue weighted by atomic mass is 10.1. The van der Waals surface area contributed by atoms with Crippen LogP contribution in [0.15, 0.2) is 26.7 Å². The van der Waals surface area contributed by atoms with Gasteiger partial charge in [-0.1, -0.05) is 6.07 Å². The van der Waals surface area contributed by atoms with Crippen molar-refractivity contribution < 1.29 is 17.9 Å². The van der Waals surface area contributed by atoms with E-state index in [-0.39, 0.29) is 6.10 Å². The van der Waals surface area contributed by atoms with Crippen LogP contribution in [-0.4, -0.2) is 78.9 Å². The fourth-order valence-corrected chi connectivity index (χ4v) is 4.94. The largest absolute Gasteiger partial charge is 0.385 e. The molecule has 2 rings (SSSR count). The topological polar surface area (TPSA) is 92.3 Å². The van der Waals surface area contributed by atoms with E-state index in [1.807, 2.05) is 0 Å². The Labute approximate surface area is 166 Å². The van der Waals surface area contributed by atoms with Gasteiger partial charge in [-0.25, -0.2) is 13.1 Å². The second-order valence-electron chi connectivity index (χ2n) is 6.21. The third-order valence-corrected chi connectivity index (χ3v) is 7.12. The van der Waals surface area contributed by atoms with E-state index in [9.17, 15) is 8.42 Å². The molecule has 0 radical (unpaired) electrons. The van der Waals surface area contributed by atoms with Crippen LogP contribution >= 0.6 is 11.3 Å². The average Bonchev–Trinajstić information content (AvgIpc) is 3.22. The van der Waals surface area contributed by atoms with E-state index >= 15 is 0 Å². The summed E-state index contributed by atoms with van der Waals surface area (Å²) in [4.78, 5) is 6.49. The molecule has 0 atom stereocenters. The Kier molecular flexibility index (Phi) is 9.49. The number of hydrogen-bond donors (Lipinski definition) is 2. The zero-order chi connectivity index (χ0) is 19.5.